The van der Waals surface area contributed by atoms with Crippen LogP contribution in [0.2, 0.25) is 0 Å². The Labute approximate surface area is 85.4 Å². The molecule has 0 spiro atoms. The van der Waals surface area contributed by atoms with Crippen LogP contribution in [0, 0.1) is 0 Å². The van der Waals surface area contributed by atoms with Crippen molar-refractivity contribution in [2.75, 3.05) is 11.9 Å². The summed E-state index contributed by atoms with van der Waals surface area (Å²) in [6, 6.07) is 0. The standard InChI is InChI=1S/C8H13BrO4/c9-4-2-1-3-5-13-8(12)6-7(10)11/h1-6H2,(H,10,11). The number of carbonyl (C=O) groups excluding carboxylic acids is 1. The van der Waals surface area contributed by atoms with E-state index in [2.05, 4.69) is 20.7 Å². The molecule has 0 aliphatic rings. The number of ether oxygens (including phenoxy) is 1. The maximum absolute atomic E-state index is 10.7. The predicted molar refractivity (Wildman–Crippen MR) is 50.9 cm³/mol. The molecule has 0 unspecified atom stereocenters. The van der Waals surface area contributed by atoms with Crippen molar-refractivity contribution in [1.82, 2.24) is 0 Å². The van der Waals surface area contributed by atoms with Crippen molar-refractivity contribution < 1.29 is 19.4 Å². The van der Waals surface area contributed by atoms with Gasteiger partial charge in [0, 0.05) is 5.33 Å². The Kier molecular flexibility index (Phi) is 7.68. The summed E-state index contributed by atoms with van der Waals surface area (Å²) in [7, 11) is 0. The molecule has 13 heavy (non-hydrogen) atoms. The van der Waals surface area contributed by atoms with E-state index in [0.717, 1.165) is 24.6 Å². The van der Waals surface area contributed by atoms with Gasteiger partial charge in [-0.3, -0.25) is 9.59 Å². The van der Waals surface area contributed by atoms with Gasteiger partial charge in [0.25, 0.3) is 0 Å². The molecular formula is C8H13BrO4. The zero-order valence-corrected chi connectivity index (χ0v) is 8.88. The third kappa shape index (κ3) is 9.33. The number of halogens is 1. The van der Waals surface area contributed by atoms with Crippen LogP contribution < -0.4 is 0 Å². The van der Waals surface area contributed by atoms with E-state index in [1.54, 1.807) is 0 Å². The van der Waals surface area contributed by atoms with Crippen LogP contribution in [0.5, 0.6) is 0 Å². The first-order chi connectivity index (χ1) is 6.16. The highest BCUT2D eigenvalue weighted by molar-refractivity contribution is 9.09. The Morgan fingerprint density at radius 1 is 1.23 bits per heavy atom. The first kappa shape index (κ1) is 12.4. The Morgan fingerprint density at radius 3 is 2.46 bits per heavy atom. The number of rotatable bonds is 7. The molecule has 1 N–H and O–H groups in total. The maximum Gasteiger partial charge on any atom is 0.317 e. The van der Waals surface area contributed by atoms with Crippen molar-refractivity contribution in [2.24, 2.45) is 0 Å². The molecule has 0 saturated heterocycles. The third-order valence-corrected chi connectivity index (χ3v) is 1.90. The summed E-state index contributed by atoms with van der Waals surface area (Å²) in [5.74, 6) is -1.81. The number of esters is 1. The minimum atomic E-state index is -1.15. The summed E-state index contributed by atoms with van der Waals surface area (Å²) in [6.07, 6.45) is 2.26. The fraction of sp³-hybridized carbons (Fsp3) is 0.750. The van der Waals surface area contributed by atoms with Crippen molar-refractivity contribution in [3.63, 3.8) is 0 Å². The molecule has 0 aromatic carbocycles. The molecule has 0 bridgehead atoms. The molecule has 0 heterocycles. The van der Waals surface area contributed by atoms with Crippen LogP contribution in [-0.4, -0.2) is 29.0 Å². The van der Waals surface area contributed by atoms with Crippen molar-refractivity contribution in [3.05, 3.63) is 0 Å². The topological polar surface area (TPSA) is 63.6 Å². The first-order valence-electron chi connectivity index (χ1n) is 4.10. The highest BCUT2D eigenvalue weighted by Crippen LogP contribution is 1.99. The lowest BCUT2D eigenvalue weighted by Gasteiger charge is -2.01. The van der Waals surface area contributed by atoms with Gasteiger partial charge in [0.05, 0.1) is 6.61 Å². The second kappa shape index (κ2) is 8.04. The van der Waals surface area contributed by atoms with Gasteiger partial charge in [-0.15, -0.1) is 0 Å². The number of unbranched alkanes of at least 4 members (excludes halogenated alkanes) is 2. The maximum atomic E-state index is 10.7. The molecule has 5 heteroatoms. The molecule has 0 aliphatic carbocycles. The largest absolute Gasteiger partial charge is 0.481 e. The molecule has 0 fully saturated rings. The number of carbonyl (C=O) groups is 2. The number of carboxylic acids is 1. The van der Waals surface area contributed by atoms with Gasteiger partial charge < -0.3 is 9.84 Å². The summed E-state index contributed by atoms with van der Waals surface area (Å²) in [5, 5.41) is 9.16. The summed E-state index contributed by atoms with van der Waals surface area (Å²) < 4.78 is 4.66. The van der Waals surface area contributed by atoms with Crippen molar-refractivity contribution in [2.45, 2.75) is 25.7 Å². The molecule has 0 amide bonds. The van der Waals surface area contributed by atoms with Gasteiger partial charge in [-0.1, -0.05) is 15.9 Å². The predicted octanol–water partition coefficient (Wildman–Crippen LogP) is 1.57. The second-order valence-electron chi connectivity index (χ2n) is 2.54. The average molecular weight is 253 g/mol. The van der Waals surface area contributed by atoms with Gasteiger partial charge in [0.15, 0.2) is 0 Å². The molecular weight excluding hydrogens is 240 g/mol. The van der Waals surface area contributed by atoms with Crippen molar-refractivity contribution >= 4 is 27.9 Å². The van der Waals surface area contributed by atoms with Crippen LogP contribution in [0.1, 0.15) is 25.7 Å². The molecule has 0 atom stereocenters. The normalized spacial score (nSPS) is 9.62. The van der Waals surface area contributed by atoms with Gasteiger partial charge >= 0.3 is 11.9 Å². The summed E-state index contributed by atoms with van der Waals surface area (Å²) in [6.45, 7) is 0.319. The number of carboxylic acid groups (broad SMARTS) is 1. The van der Waals surface area contributed by atoms with Crippen molar-refractivity contribution in [1.29, 1.82) is 0 Å². The lowest BCUT2D eigenvalue weighted by molar-refractivity contribution is -0.151. The molecule has 0 saturated carbocycles. The van der Waals surface area contributed by atoms with Gasteiger partial charge in [-0.25, -0.2) is 0 Å². The number of hydrogen-bond acceptors (Lipinski definition) is 3. The van der Waals surface area contributed by atoms with Crippen LogP contribution in [0.15, 0.2) is 0 Å². The van der Waals surface area contributed by atoms with E-state index in [0.29, 0.717) is 6.61 Å². The number of hydrogen-bond donors (Lipinski definition) is 1. The Morgan fingerprint density at radius 2 is 1.92 bits per heavy atom. The third-order valence-electron chi connectivity index (χ3n) is 1.34. The number of aliphatic carboxylic acids is 1. The smallest absolute Gasteiger partial charge is 0.317 e. The minimum Gasteiger partial charge on any atom is -0.481 e. The second-order valence-corrected chi connectivity index (χ2v) is 3.33. The van der Waals surface area contributed by atoms with Crippen LogP contribution in [0.4, 0.5) is 0 Å². The summed E-state index contributed by atoms with van der Waals surface area (Å²) in [4.78, 5) is 20.7. The lowest BCUT2D eigenvalue weighted by Crippen LogP contribution is -2.11. The van der Waals surface area contributed by atoms with Gasteiger partial charge in [0.2, 0.25) is 0 Å². The van der Waals surface area contributed by atoms with Crippen LogP contribution in [0.3, 0.4) is 0 Å². The molecule has 4 nitrogen and oxygen atoms in total. The van der Waals surface area contributed by atoms with Crippen LogP contribution in [0.25, 0.3) is 0 Å². The van der Waals surface area contributed by atoms with E-state index in [1.807, 2.05) is 0 Å². The average Bonchev–Trinajstić information content (AvgIpc) is 2.02. The van der Waals surface area contributed by atoms with Crippen molar-refractivity contribution in [3.8, 4) is 0 Å². The van der Waals surface area contributed by atoms with E-state index in [9.17, 15) is 9.59 Å². The molecule has 0 aromatic rings. The molecule has 0 aliphatic heterocycles. The van der Waals surface area contributed by atoms with E-state index in [-0.39, 0.29) is 0 Å². The summed E-state index contributed by atoms with van der Waals surface area (Å²) >= 11 is 3.28. The van der Waals surface area contributed by atoms with Gasteiger partial charge in [-0.2, -0.15) is 0 Å². The van der Waals surface area contributed by atoms with E-state index < -0.39 is 18.4 Å². The van der Waals surface area contributed by atoms with E-state index in [1.165, 1.54) is 0 Å². The van der Waals surface area contributed by atoms with Crippen LogP contribution >= 0.6 is 15.9 Å². The minimum absolute atomic E-state index is 0.319. The zero-order chi connectivity index (χ0) is 10.1. The van der Waals surface area contributed by atoms with Gasteiger partial charge in [0.1, 0.15) is 6.42 Å². The monoisotopic (exact) mass is 252 g/mol. The highest BCUT2D eigenvalue weighted by atomic mass is 79.9. The Balaban J connectivity index is 3.22. The number of alkyl halides is 1. The van der Waals surface area contributed by atoms with E-state index in [4.69, 9.17) is 5.11 Å². The zero-order valence-electron chi connectivity index (χ0n) is 7.29. The van der Waals surface area contributed by atoms with E-state index >= 15 is 0 Å². The molecule has 0 radical (unpaired) electrons. The Hall–Kier alpha value is -0.580. The molecule has 0 rings (SSSR count). The SMILES string of the molecule is O=C(O)CC(=O)OCCCCCBr. The quantitative estimate of drug-likeness (QED) is 0.324. The fourth-order valence-electron chi connectivity index (χ4n) is 0.734. The Bertz CT molecular complexity index is 170. The molecule has 76 valence electrons. The fourth-order valence-corrected chi connectivity index (χ4v) is 1.13. The first-order valence-corrected chi connectivity index (χ1v) is 5.22. The van der Waals surface area contributed by atoms with Crippen LogP contribution in [-0.2, 0) is 14.3 Å². The van der Waals surface area contributed by atoms with Gasteiger partial charge in [-0.05, 0) is 19.3 Å². The highest BCUT2D eigenvalue weighted by Gasteiger charge is 2.07. The lowest BCUT2D eigenvalue weighted by atomic mass is 10.3. The molecule has 0 aromatic heterocycles. The summed E-state index contributed by atoms with van der Waals surface area (Å²) in [5.41, 5.74) is 0.